The molecule has 0 bridgehead atoms. The second-order valence-electron chi connectivity index (χ2n) is 4.19. The lowest BCUT2D eigenvalue weighted by Crippen LogP contribution is -2.11. The number of benzene rings is 2. The number of nitrogens with two attached hydrogens (primary N) is 1. The number of hydrogen-bond donors (Lipinski definition) is 1. The third-order valence-corrected chi connectivity index (χ3v) is 2.86. The third kappa shape index (κ3) is 3.40. The van der Waals surface area contributed by atoms with Crippen molar-refractivity contribution in [2.75, 3.05) is 0 Å². The van der Waals surface area contributed by atoms with Crippen LogP contribution >= 0.6 is 0 Å². The molecular formula is C15H16FN. The van der Waals surface area contributed by atoms with Crippen LogP contribution in [-0.4, -0.2) is 0 Å². The predicted molar refractivity (Wildman–Crippen MR) is 68.1 cm³/mol. The number of rotatable bonds is 4. The highest BCUT2D eigenvalue weighted by Gasteiger charge is 2.06. The normalized spacial score (nSPS) is 12.4. The fourth-order valence-electron chi connectivity index (χ4n) is 1.87. The third-order valence-electron chi connectivity index (χ3n) is 2.86. The van der Waals surface area contributed by atoms with Crippen molar-refractivity contribution in [1.29, 1.82) is 0 Å². The Morgan fingerprint density at radius 2 is 1.76 bits per heavy atom. The molecular weight excluding hydrogens is 213 g/mol. The molecule has 1 atom stereocenters. The molecule has 0 radical (unpaired) electrons. The van der Waals surface area contributed by atoms with Crippen molar-refractivity contribution < 1.29 is 4.39 Å². The zero-order valence-electron chi connectivity index (χ0n) is 9.64. The van der Waals surface area contributed by atoms with Crippen LogP contribution < -0.4 is 5.73 Å². The summed E-state index contributed by atoms with van der Waals surface area (Å²) in [4.78, 5) is 0. The number of hydrogen-bond acceptors (Lipinski definition) is 1. The first-order chi connectivity index (χ1) is 8.25. The van der Waals surface area contributed by atoms with Crippen LogP contribution in [0.15, 0.2) is 54.6 Å². The first-order valence-corrected chi connectivity index (χ1v) is 5.80. The fourth-order valence-corrected chi connectivity index (χ4v) is 1.87. The summed E-state index contributed by atoms with van der Waals surface area (Å²) in [7, 11) is 0. The lowest BCUT2D eigenvalue weighted by atomic mass is 10.00. The summed E-state index contributed by atoms with van der Waals surface area (Å²) in [5.41, 5.74) is 8.17. The van der Waals surface area contributed by atoms with Gasteiger partial charge in [-0.25, -0.2) is 4.39 Å². The van der Waals surface area contributed by atoms with Gasteiger partial charge in [0.1, 0.15) is 5.82 Å². The van der Waals surface area contributed by atoms with Gasteiger partial charge in [0.05, 0.1) is 0 Å². The summed E-state index contributed by atoms with van der Waals surface area (Å²) in [5.74, 6) is -0.224. The highest BCUT2D eigenvalue weighted by Crippen LogP contribution is 2.17. The molecule has 2 aromatic rings. The Labute approximate surface area is 101 Å². The molecule has 2 N–H and O–H groups in total. The molecule has 0 saturated carbocycles. The van der Waals surface area contributed by atoms with E-state index in [1.807, 2.05) is 24.3 Å². The van der Waals surface area contributed by atoms with E-state index in [0.29, 0.717) is 0 Å². The minimum absolute atomic E-state index is 0.106. The van der Waals surface area contributed by atoms with Crippen LogP contribution in [0.2, 0.25) is 0 Å². The summed E-state index contributed by atoms with van der Waals surface area (Å²) >= 11 is 0. The molecule has 0 saturated heterocycles. The summed E-state index contributed by atoms with van der Waals surface area (Å²) in [5, 5.41) is 0. The first kappa shape index (κ1) is 11.8. The number of aryl methyl sites for hydroxylation is 1. The van der Waals surface area contributed by atoms with Crippen molar-refractivity contribution >= 4 is 0 Å². The average Bonchev–Trinajstić information content (AvgIpc) is 2.37. The smallest absolute Gasteiger partial charge is 0.123 e. The Kier molecular flexibility index (Phi) is 3.89. The molecule has 0 fully saturated rings. The van der Waals surface area contributed by atoms with E-state index in [1.165, 1.54) is 17.7 Å². The molecule has 0 amide bonds. The summed E-state index contributed by atoms with van der Waals surface area (Å²) in [6, 6.07) is 16.6. The van der Waals surface area contributed by atoms with E-state index < -0.39 is 0 Å². The lowest BCUT2D eigenvalue weighted by molar-refractivity contribution is 0.609. The van der Waals surface area contributed by atoms with Gasteiger partial charge in [-0.2, -0.15) is 0 Å². The molecule has 17 heavy (non-hydrogen) atoms. The molecule has 0 aliphatic heterocycles. The van der Waals surface area contributed by atoms with E-state index in [0.717, 1.165) is 18.4 Å². The van der Waals surface area contributed by atoms with Gasteiger partial charge in [0.15, 0.2) is 0 Å². The molecule has 2 rings (SSSR count). The van der Waals surface area contributed by atoms with Gasteiger partial charge in [0.2, 0.25) is 0 Å². The van der Waals surface area contributed by atoms with Gasteiger partial charge in [-0.3, -0.25) is 0 Å². The molecule has 0 unspecified atom stereocenters. The molecule has 0 heterocycles. The molecule has 0 aromatic heterocycles. The van der Waals surface area contributed by atoms with E-state index >= 15 is 0 Å². The van der Waals surface area contributed by atoms with Crippen molar-refractivity contribution in [1.82, 2.24) is 0 Å². The van der Waals surface area contributed by atoms with Crippen molar-refractivity contribution in [3.63, 3.8) is 0 Å². The predicted octanol–water partition coefficient (Wildman–Crippen LogP) is 3.46. The Balaban J connectivity index is 1.96. The van der Waals surface area contributed by atoms with Crippen LogP contribution in [0.4, 0.5) is 4.39 Å². The summed E-state index contributed by atoms with van der Waals surface area (Å²) in [6.07, 6.45) is 1.74. The standard InChI is InChI=1S/C15H16FN/c16-14-8-4-7-13(11-14)15(17)10-9-12-5-2-1-3-6-12/h1-8,11,15H,9-10,17H2/t15-/m1/s1. The quantitative estimate of drug-likeness (QED) is 0.853. The highest BCUT2D eigenvalue weighted by molar-refractivity contribution is 5.21. The van der Waals surface area contributed by atoms with E-state index in [-0.39, 0.29) is 11.9 Å². The van der Waals surface area contributed by atoms with Crippen LogP contribution in [0.5, 0.6) is 0 Å². The van der Waals surface area contributed by atoms with Gasteiger partial charge in [-0.15, -0.1) is 0 Å². The largest absolute Gasteiger partial charge is 0.324 e. The maximum atomic E-state index is 13.0. The van der Waals surface area contributed by atoms with Gasteiger partial charge in [0.25, 0.3) is 0 Å². The Bertz CT molecular complexity index is 467. The maximum absolute atomic E-state index is 13.0. The minimum Gasteiger partial charge on any atom is -0.324 e. The van der Waals surface area contributed by atoms with Gasteiger partial charge >= 0.3 is 0 Å². The van der Waals surface area contributed by atoms with Crippen molar-refractivity contribution in [3.8, 4) is 0 Å². The van der Waals surface area contributed by atoms with Gasteiger partial charge in [-0.1, -0.05) is 42.5 Å². The Hall–Kier alpha value is -1.67. The maximum Gasteiger partial charge on any atom is 0.123 e. The summed E-state index contributed by atoms with van der Waals surface area (Å²) in [6.45, 7) is 0. The second kappa shape index (κ2) is 5.60. The van der Waals surface area contributed by atoms with Crippen molar-refractivity contribution in [2.45, 2.75) is 18.9 Å². The molecule has 0 aliphatic rings. The van der Waals surface area contributed by atoms with Gasteiger partial charge in [-0.05, 0) is 36.1 Å². The van der Waals surface area contributed by atoms with E-state index in [1.54, 1.807) is 6.07 Å². The van der Waals surface area contributed by atoms with Crippen LogP contribution in [-0.2, 0) is 6.42 Å². The van der Waals surface area contributed by atoms with Crippen LogP contribution in [0.1, 0.15) is 23.6 Å². The SMILES string of the molecule is N[C@H](CCc1ccccc1)c1cccc(F)c1. The van der Waals surface area contributed by atoms with Crippen LogP contribution in [0, 0.1) is 5.82 Å². The molecule has 2 heteroatoms. The van der Waals surface area contributed by atoms with E-state index in [4.69, 9.17) is 5.73 Å². The first-order valence-electron chi connectivity index (χ1n) is 5.80. The Morgan fingerprint density at radius 1 is 1.00 bits per heavy atom. The lowest BCUT2D eigenvalue weighted by Gasteiger charge is -2.12. The minimum atomic E-state index is -0.224. The Morgan fingerprint density at radius 3 is 2.47 bits per heavy atom. The van der Waals surface area contributed by atoms with Gasteiger partial charge < -0.3 is 5.73 Å². The fraction of sp³-hybridized carbons (Fsp3) is 0.200. The van der Waals surface area contributed by atoms with Crippen molar-refractivity contribution in [3.05, 3.63) is 71.5 Å². The van der Waals surface area contributed by atoms with Crippen molar-refractivity contribution in [2.24, 2.45) is 5.73 Å². The molecule has 0 aliphatic carbocycles. The monoisotopic (exact) mass is 229 g/mol. The average molecular weight is 229 g/mol. The molecule has 88 valence electrons. The van der Waals surface area contributed by atoms with E-state index in [2.05, 4.69) is 12.1 Å². The van der Waals surface area contributed by atoms with Gasteiger partial charge in [0, 0.05) is 6.04 Å². The van der Waals surface area contributed by atoms with Crippen LogP contribution in [0.25, 0.3) is 0 Å². The molecule has 2 aromatic carbocycles. The highest BCUT2D eigenvalue weighted by atomic mass is 19.1. The zero-order valence-corrected chi connectivity index (χ0v) is 9.64. The molecule has 0 spiro atoms. The topological polar surface area (TPSA) is 26.0 Å². The second-order valence-corrected chi connectivity index (χ2v) is 4.19. The van der Waals surface area contributed by atoms with E-state index in [9.17, 15) is 4.39 Å². The van der Waals surface area contributed by atoms with Crippen LogP contribution in [0.3, 0.4) is 0 Å². The molecule has 1 nitrogen and oxygen atoms in total. The number of halogens is 1. The summed E-state index contributed by atoms with van der Waals surface area (Å²) < 4.78 is 13.0. The zero-order chi connectivity index (χ0) is 12.1.